The molecule has 15 nitrogen and oxygen atoms in total. The minimum Gasteiger partial charge on any atom is -0.497 e. The summed E-state index contributed by atoms with van der Waals surface area (Å²) in [5.41, 5.74) is 1.62. The molecule has 8 heterocycles. The number of nitrogens with one attached hydrogen (secondary N) is 3. The number of hydrogen-bond donors (Lipinski definition) is 3. The molecule has 4 aromatic heterocycles. The van der Waals surface area contributed by atoms with Gasteiger partial charge in [-0.3, -0.25) is 14.5 Å². The van der Waals surface area contributed by atoms with Crippen LogP contribution >= 0.6 is 23.2 Å². The molecule has 2 aromatic carbocycles. The van der Waals surface area contributed by atoms with Gasteiger partial charge in [0, 0.05) is 82.3 Å². The summed E-state index contributed by atoms with van der Waals surface area (Å²) in [6.45, 7) is 11.3. The van der Waals surface area contributed by atoms with Crippen LogP contribution in [0.4, 0.5) is 8.78 Å². The zero-order valence-electron chi connectivity index (χ0n) is 35.5. The second-order valence-corrected chi connectivity index (χ2v) is 17.6. The number of rotatable bonds is 7. The van der Waals surface area contributed by atoms with Crippen molar-refractivity contribution in [3.8, 4) is 5.75 Å². The van der Waals surface area contributed by atoms with Crippen LogP contribution < -0.4 is 21.2 Å². The molecule has 0 spiro atoms. The first kappa shape index (κ1) is 44.8. The largest absolute Gasteiger partial charge is 0.497 e. The Labute approximate surface area is 372 Å². The highest BCUT2D eigenvalue weighted by atomic mass is 35.5. The first-order chi connectivity index (χ1) is 30.5. The Morgan fingerprint density at radius 3 is 1.78 bits per heavy atom. The fraction of sp³-hybridized carbons (Fsp3) is 0.500. The van der Waals surface area contributed by atoms with Gasteiger partial charge >= 0.3 is 0 Å². The number of imidazole rings is 2. The molecule has 336 valence electrons. The lowest BCUT2D eigenvalue weighted by atomic mass is 9.97. The van der Waals surface area contributed by atoms with Crippen LogP contribution in [0.3, 0.4) is 0 Å². The van der Waals surface area contributed by atoms with Crippen LogP contribution in [0.2, 0.25) is 10.0 Å². The molecule has 63 heavy (non-hydrogen) atoms. The Kier molecular flexibility index (Phi) is 14.2. The molecule has 4 saturated heterocycles. The van der Waals surface area contributed by atoms with Gasteiger partial charge in [0.25, 0.3) is 11.1 Å². The second kappa shape index (κ2) is 19.9. The Morgan fingerprint density at radius 1 is 0.730 bits per heavy atom. The minimum absolute atomic E-state index is 0.0826. The molecule has 0 saturated carbocycles. The number of benzene rings is 2. The van der Waals surface area contributed by atoms with E-state index in [0.29, 0.717) is 60.1 Å². The predicted molar refractivity (Wildman–Crippen MR) is 234 cm³/mol. The average Bonchev–Trinajstić information content (AvgIpc) is 4.11. The summed E-state index contributed by atoms with van der Waals surface area (Å²) in [5.74, 6) is 4.46. The summed E-state index contributed by atoms with van der Waals surface area (Å²) in [6.07, 6.45) is 6.88. The van der Waals surface area contributed by atoms with Crippen molar-refractivity contribution >= 4 is 34.2 Å². The van der Waals surface area contributed by atoms with E-state index in [4.69, 9.17) is 47.6 Å². The number of aromatic nitrogens is 8. The van der Waals surface area contributed by atoms with Gasteiger partial charge in [-0.05, 0) is 73.9 Å². The zero-order valence-corrected chi connectivity index (χ0v) is 37.0. The van der Waals surface area contributed by atoms with Crippen LogP contribution in [0.5, 0.6) is 5.75 Å². The third-order valence-electron chi connectivity index (χ3n) is 12.5. The number of aromatic amines is 2. The molecule has 10 rings (SSSR count). The number of nitrogens with zero attached hydrogens (tertiary/aromatic N) is 7. The van der Waals surface area contributed by atoms with Crippen molar-refractivity contribution in [2.24, 2.45) is 11.8 Å². The Bertz CT molecular complexity index is 2640. The van der Waals surface area contributed by atoms with Crippen molar-refractivity contribution in [3.05, 3.63) is 120 Å². The van der Waals surface area contributed by atoms with E-state index in [0.717, 1.165) is 88.1 Å². The number of hydrogen-bond acceptors (Lipinski definition) is 11. The van der Waals surface area contributed by atoms with Gasteiger partial charge in [0.2, 0.25) is 0 Å². The lowest BCUT2D eigenvalue weighted by molar-refractivity contribution is 0.0831. The Morgan fingerprint density at radius 2 is 1.27 bits per heavy atom. The average molecular weight is 910 g/mol. The highest BCUT2D eigenvalue weighted by molar-refractivity contribution is 6.31. The number of ether oxygens (including phenoxy) is 3. The van der Waals surface area contributed by atoms with E-state index in [2.05, 4.69) is 44.0 Å². The van der Waals surface area contributed by atoms with E-state index >= 15 is 0 Å². The number of H-pyrrole nitrogens is 2. The fourth-order valence-corrected chi connectivity index (χ4v) is 9.13. The van der Waals surface area contributed by atoms with E-state index < -0.39 is 11.6 Å². The summed E-state index contributed by atoms with van der Waals surface area (Å²) in [7, 11) is 1.47. The Hall–Kier alpha value is -4.78. The lowest BCUT2D eigenvalue weighted by Gasteiger charge is -2.21. The first-order valence-corrected chi connectivity index (χ1v) is 22.2. The smallest absolute Gasteiger partial charge is 0.276 e. The molecule has 4 aliphatic rings. The van der Waals surface area contributed by atoms with Gasteiger partial charge < -0.3 is 29.5 Å². The van der Waals surface area contributed by atoms with Crippen molar-refractivity contribution < 1.29 is 23.0 Å². The van der Waals surface area contributed by atoms with Crippen molar-refractivity contribution in [2.45, 2.75) is 69.7 Å². The summed E-state index contributed by atoms with van der Waals surface area (Å²) < 4.78 is 45.5. The van der Waals surface area contributed by atoms with Crippen molar-refractivity contribution in [3.63, 3.8) is 0 Å². The topological polar surface area (TPSA) is 169 Å². The van der Waals surface area contributed by atoms with Gasteiger partial charge in [0.15, 0.2) is 11.0 Å². The van der Waals surface area contributed by atoms with Gasteiger partial charge in [0.05, 0.1) is 29.5 Å². The fourth-order valence-electron chi connectivity index (χ4n) is 8.90. The maximum atomic E-state index is 13.8. The van der Waals surface area contributed by atoms with Gasteiger partial charge in [-0.25, -0.2) is 27.8 Å². The molecule has 19 heteroatoms. The van der Waals surface area contributed by atoms with E-state index in [1.807, 2.05) is 6.07 Å². The van der Waals surface area contributed by atoms with Crippen LogP contribution in [0.25, 0.3) is 11.0 Å². The molecular formula is C44H52Cl2F2N10O5. The minimum atomic E-state index is -0.457. The number of methoxy groups -OCH3 is 1. The molecule has 0 aliphatic carbocycles. The molecule has 0 radical (unpaired) electrons. The third-order valence-corrected chi connectivity index (χ3v) is 13.1. The molecule has 6 aromatic rings. The summed E-state index contributed by atoms with van der Waals surface area (Å²) in [6, 6.07) is 9.22. The van der Waals surface area contributed by atoms with Gasteiger partial charge in [0.1, 0.15) is 40.7 Å². The second-order valence-electron chi connectivity index (χ2n) is 16.8. The van der Waals surface area contributed by atoms with Crippen molar-refractivity contribution in [1.29, 1.82) is 0 Å². The predicted octanol–water partition coefficient (Wildman–Crippen LogP) is 6.46. The van der Waals surface area contributed by atoms with E-state index in [1.54, 1.807) is 33.6 Å². The maximum absolute atomic E-state index is 13.8. The molecule has 0 amide bonds. The molecule has 3 N–H and O–H groups in total. The van der Waals surface area contributed by atoms with Crippen LogP contribution in [0.1, 0.15) is 92.1 Å². The number of likely N-dealkylation sites (tertiary alicyclic amines) is 1. The molecule has 4 fully saturated rings. The SMILES string of the molecule is CC1CN(Cc2ccc(Cl)c(F)c2)CC1c1nn2c(C3CCOCC3)ncc2c(=O)[nH]1.CC1CNCC1c1nn2c(C3CCOCC3)ncc2c(=O)[nH]1.COc1ccc(Cl)c(F)c1. The molecule has 4 atom stereocenters. The molecule has 4 aliphatic heterocycles. The van der Waals surface area contributed by atoms with E-state index in [9.17, 15) is 18.4 Å². The van der Waals surface area contributed by atoms with Gasteiger partial charge in [-0.2, -0.15) is 10.2 Å². The normalized spacial score (nSPS) is 22.2. The quantitative estimate of drug-likeness (QED) is 0.161. The monoisotopic (exact) mass is 908 g/mol. The third kappa shape index (κ3) is 10.1. The van der Waals surface area contributed by atoms with Crippen LogP contribution in [0.15, 0.2) is 58.4 Å². The maximum Gasteiger partial charge on any atom is 0.276 e. The Balaban J connectivity index is 0.000000147. The molecule has 0 bridgehead atoms. The highest BCUT2D eigenvalue weighted by Gasteiger charge is 2.34. The summed E-state index contributed by atoms with van der Waals surface area (Å²) >= 11 is 11.2. The first-order valence-electron chi connectivity index (χ1n) is 21.4. The van der Waals surface area contributed by atoms with Crippen LogP contribution in [-0.2, 0) is 16.0 Å². The van der Waals surface area contributed by atoms with Gasteiger partial charge in [-0.15, -0.1) is 0 Å². The summed E-state index contributed by atoms with van der Waals surface area (Å²) in [5, 5.41) is 13.1. The van der Waals surface area contributed by atoms with E-state index in [-0.39, 0.29) is 38.9 Å². The summed E-state index contributed by atoms with van der Waals surface area (Å²) in [4.78, 5) is 42.3. The number of fused-ring (bicyclic) bond motifs is 2. The van der Waals surface area contributed by atoms with Crippen LogP contribution in [0, 0.1) is 23.5 Å². The standard InChI is InChI=1S/C22H25ClFN5O2.C15H21N5O2.C7H6ClFO/c1-13-10-28(11-14-2-3-17(23)18(24)8-14)12-16(13)20-26-22(30)19-9-25-21(29(19)27-20)15-4-6-31-7-5-15;1-9-6-16-7-11(9)13-18-15(21)12-8-17-14(20(12)19-13)10-2-4-22-5-3-10;1-10-5-2-3-6(8)7(9)4-5/h2-3,8-9,13,15-16H,4-7,10-12H2,1H3,(H,26,27,30);8-11,16H,2-7H2,1H3,(H,18,19,21);2-4H,1H3. The number of halogens is 4. The molecular weight excluding hydrogens is 857 g/mol. The van der Waals surface area contributed by atoms with Crippen molar-refractivity contribution in [2.75, 3.05) is 59.7 Å². The highest BCUT2D eigenvalue weighted by Crippen LogP contribution is 2.33. The van der Waals surface area contributed by atoms with Crippen LogP contribution in [-0.4, -0.2) is 104 Å². The molecule has 4 unspecified atom stereocenters. The lowest BCUT2D eigenvalue weighted by Crippen LogP contribution is -2.24. The van der Waals surface area contributed by atoms with Crippen molar-refractivity contribution in [1.82, 2.24) is 49.4 Å². The van der Waals surface area contributed by atoms with E-state index in [1.165, 1.54) is 25.3 Å². The zero-order chi connectivity index (χ0) is 44.2. The van der Waals surface area contributed by atoms with Gasteiger partial charge in [-0.1, -0.05) is 43.1 Å².